The minimum absolute atomic E-state index is 0.153. The topological polar surface area (TPSA) is 58.6 Å². The molecule has 0 fully saturated rings. The molecule has 0 saturated carbocycles. The van der Waals surface area contributed by atoms with E-state index in [4.69, 9.17) is 16.3 Å². The lowest BCUT2D eigenvalue weighted by Crippen LogP contribution is -2.25. The van der Waals surface area contributed by atoms with Crippen LogP contribution >= 0.6 is 0 Å². The highest BCUT2D eigenvalue weighted by atomic mass is 16.5. The Morgan fingerprint density at radius 1 is 1.62 bits per heavy atom. The van der Waals surface area contributed by atoms with Crippen LogP contribution in [0.1, 0.15) is 6.92 Å². The Morgan fingerprint density at radius 2 is 2.31 bits per heavy atom. The third-order valence-corrected chi connectivity index (χ3v) is 1.94. The predicted octanol–water partition coefficient (Wildman–Crippen LogP) is 1.58. The highest BCUT2D eigenvalue weighted by Gasteiger charge is 2.12. The Kier molecular flexibility index (Phi) is 4.22. The van der Waals surface area contributed by atoms with E-state index in [0.717, 1.165) is 0 Å². The molecule has 0 radical (unpaired) electrons. The lowest BCUT2D eigenvalue weighted by molar-refractivity contribution is -0.137. The first-order valence-corrected chi connectivity index (χ1v) is 4.79. The Balaban J connectivity index is 2.78. The number of hydrogen-bond donors (Lipinski definition) is 2. The molecule has 16 heavy (non-hydrogen) atoms. The van der Waals surface area contributed by atoms with Crippen LogP contribution in [0.2, 0.25) is 0 Å². The first kappa shape index (κ1) is 11.9. The number of carboxylic acids is 1. The van der Waals surface area contributed by atoms with Crippen molar-refractivity contribution in [3.8, 4) is 18.1 Å². The first-order chi connectivity index (χ1) is 7.65. The summed E-state index contributed by atoms with van der Waals surface area (Å²) in [5.41, 5.74) is 0.618. The second-order valence-electron chi connectivity index (χ2n) is 3.19. The van der Waals surface area contributed by atoms with E-state index >= 15 is 0 Å². The molecule has 4 nitrogen and oxygen atoms in total. The number of ether oxygens (including phenoxy) is 1. The summed E-state index contributed by atoms with van der Waals surface area (Å²) >= 11 is 0. The van der Waals surface area contributed by atoms with E-state index in [1.54, 1.807) is 31.2 Å². The first-order valence-electron chi connectivity index (χ1n) is 4.79. The SMILES string of the molecule is C#CCOc1ccccc1NC(C)C(=O)O. The molecule has 1 aromatic carbocycles. The molecule has 0 aliphatic carbocycles. The van der Waals surface area contributed by atoms with E-state index in [9.17, 15) is 4.79 Å². The monoisotopic (exact) mass is 219 g/mol. The summed E-state index contributed by atoms with van der Waals surface area (Å²) in [6.45, 7) is 1.71. The average molecular weight is 219 g/mol. The largest absolute Gasteiger partial charge is 0.480 e. The average Bonchev–Trinajstić information content (AvgIpc) is 2.27. The number of benzene rings is 1. The van der Waals surface area contributed by atoms with Crippen LogP contribution in [0, 0.1) is 12.3 Å². The van der Waals surface area contributed by atoms with Crippen LogP contribution in [0.15, 0.2) is 24.3 Å². The van der Waals surface area contributed by atoms with Crippen molar-refractivity contribution in [2.75, 3.05) is 11.9 Å². The Labute approximate surface area is 94.2 Å². The zero-order valence-corrected chi connectivity index (χ0v) is 8.93. The smallest absolute Gasteiger partial charge is 0.325 e. The highest BCUT2D eigenvalue weighted by Crippen LogP contribution is 2.24. The van der Waals surface area contributed by atoms with Gasteiger partial charge in [0.05, 0.1) is 5.69 Å². The van der Waals surface area contributed by atoms with E-state index < -0.39 is 12.0 Å². The summed E-state index contributed by atoms with van der Waals surface area (Å²) in [5, 5.41) is 11.6. The van der Waals surface area contributed by atoms with Crippen molar-refractivity contribution in [2.24, 2.45) is 0 Å². The fourth-order valence-electron chi connectivity index (χ4n) is 1.13. The van der Waals surface area contributed by atoms with Gasteiger partial charge in [0.1, 0.15) is 18.4 Å². The van der Waals surface area contributed by atoms with Gasteiger partial charge < -0.3 is 15.2 Å². The van der Waals surface area contributed by atoms with Crippen LogP contribution in [-0.2, 0) is 4.79 Å². The number of terminal acetylenes is 1. The van der Waals surface area contributed by atoms with Gasteiger partial charge in [-0.15, -0.1) is 6.42 Å². The van der Waals surface area contributed by atoms with Gasteiger partial charge in [-0.3, -0.25) is 4.79 Å². The highest BCUT2D eigenvalue weighted by molar-refractivity contribution is 5.77. The zero-order valence-electron chi connectivity index (χ0n) is 8.93. The second kappa shape index (κ2) is 5.66. The number of carboxylic acid groups (broad SMARTS) is 1. The van der Waals surface area contributed by atoms with Gasteiger partial charge in [0.15, 0.2) is 0 Å². The molecule has 0 heterocycles. The molecular formula is C12H13NO3. The van der Waals surface area contributed by atoms with Crippen LogP contribution in [0.3, 0.4) is 0 Å². The van der Waals surface area contributed by atoms with Crippen LogP contribution in [0.4, 0.5) is 5.69 Å². The molecule has 0 aliphatic rings. The number of nitrogens with one attached hydrogen (secondary N) is 1. The number of para-hydroxylation sites is 2. The normalized spacial score (nSPS) is 11.2. The predicted molar refractivity (Wildman–Crippen MR) is 61.5 cm³/mol. The van der Waals surface area contributed by atoms with Crippen LogP contribution in [-0.4, -0.2) is 23.7 Å². The van der Waals surface area contributed by atoms with Crippen molar-refractivity contribution >= 4 is 11.7 Å². The molecule has 0 aromatic heterocycles. The number of hydrogen-bond acceptors (Lipinski definition) is 3. The fourth-order valence-corrected chi connectivity index (χ4v) is 1.13. The summed E-state index contributed by atoms with van der Waals surface area (Å²) in [6, 6.07) is 6.37. The summed E-state index contributed by atoms with van der Waals surface area (Å²) in [4.78, 5) is 10.7. The standard InChI is InChI=1S/C12H13NO3/c1-3-8-16-11-7-5-4-6-10(11)13-9(2)12(14)15/h1,4-7,9,13H,8H2,2H3,(H,14,15). The van der Waals surface area contributed by atoms with Crippen LogP contribution in [0.5, 0.6) is 5.75 Å². The van der Waals surface area contributed by atoms with Gasteiger partial charge >= 0.3 is 5.97 Å². The van der Waals surface area contributed by atoms with Crippen molar-refractivity contribution in [1.82, 2.24) is 0 Å². The van der Waals surface area contributed by atoms with E-state index in [-0.39, 0.29) is 6.61 Å². The van der Waals surface area contributed by atoms with E-state index in [1.165, 1.54) is 0 Å². The molecular weight excluding hydrogens is 206 g/mol. The molecule has 0 amide bonds. The molecule has 84 valence electrons. The van der Waals surface area contributed by atoms with Gasteiger partial charge in [0.25, 0.3) is 0 Å². The Morgan fingerprint density at radius 3 is 2.94 bits per heavy atom. The van der Waals surface area contributed by atoms with Crippen molar-refractivity contribution in [3.05, 3.63) is 24.3 Å². The molecule has 0 aliphatic heterocycles. The third-order valence-electron chi connectivity index (χ3n) is 1.94. The number of aliphatic carboxylic acids is 1. The molecule has 1 atom stereocenters. The van der Waals surface area contributed by atoms with E-state index in [1.807, 2.05) is 0 Å². The summed E-state index contributed by atoms with van der Waals surface area (Å²) in [6.07, 6.45) is 5.09. The molecule has 0 spiro atoms. The maximum Gasteiger partial charge on any atom is 0.325 e. The van der Waals surface area contributed by atoms with Gasteiger partial charge in [0, 0.05) is 0 Å². The summed E-state index contributed by atoms with van der Waals surface area (Å²) in [5.74, 6) is 1.98. The molecule has 1 unspecified atom stereocenters. The summed E-state index contributed by atoms with van der Waals surface area (Å²) in [7, 11) is 0. The Bertz CT molecular complexity index is 409. The molecule has 1 rings (SSSR count). The molecule has 2 N–H and O–H groups in total. The lowest BCUT2D eigenvalue weighted by Gasteiger charge is -2.14. The van der Waals surface area contributed by atoms with Gasteiger partial charge in [0.2, 0.25) is 0 Å². The number of rotatable bonds is 5. The van der Waals surface area contributed by atoms with Gasteiger partial charge in [-0.2, -0.15) is 0 Å². The maximum atomic E-state index is 10.7. The van der Waals surface area contributed by atoms with Crippen molar-refractivity contribution < 1.29 is 14.6 Å². The zero-order chi connectivity index (χ0) is 12.0. The van der Waals surface area contributed by atoms with Gasteiger partial charge in [-0.1, -0.05) is 18.1 Å². The summed E-state index contributed by atoms with van der Waals surface area (Å²) < 4.78 is 5.28. The fraction of sp³-hybridized carbons (Fsp3) is 0.250. The lowest BCUT2D eigenvalue weighted by atomic mass is 10.2. The van der Waals surface area contributed by atoms with Crippen molar-refractivity contribution in [3.63, 3.8) is 0 Å². The molecule has 1 aromatic rings. The quantitative estimate of drug-likeness (QED) is 0.738. The third kappa shape index (κ3) is 3.21. The van der Waals surface area contributed by atoms with Crippen molar-refractivity contribution in [1.29, 1.82) is 0 Å². The number of carbonyl (C=O) groups is 1. The van der Waals surface area contributed by atoms with Gasteiger partial charge in [-0.05, 0) is 19.1 Å². The second-order valence-corrected chi connectivity index (χ2v) is 3.19. The minimum Gasteiger partial charge on any atom is -0.480 e. The van der Waals surface area contributed by atoms with E-state index in [0.29, 0.717) is 11.4 Å². The molecule has 0 bridgehead atoms. The van der Waals surface area contributed by atoms with Crippen molar-refractivity contribution in [2.45, 2.75) is 13.0 Å². The van der Waals surface area contributed by atoms with E-state index in [2.05, 4.69) is 11.2 Å². The number of anilines is 1. The maximum absolute atomic E-state index is 10.7. The minimum atomic E-state index is -0.924. The Hall–Kier alpha value is -2.15. The van der Waals surface area contributed by atoms with Gasteiger partial charge in [-0.25, -0.2) is 0 Å². The molecule has 4 heteroatoms. The van der Waals surface area contributed by atoms with Crippen LogP contribution < -0.4 is 10.1 Å². The molecule has 0 saturated heterocycles. The van der Waals surface area contributed by atoms with Crippen LogP contribution in [0.25, 0.3) is 0 Å².